The van der Waals surface area contributed by atoms with Gasteiger partial charge in [-0.2, -0.15) is 0 Å². The van der Waals surface area contributed by atoms with Gasteiger partial charge in [0.1, 0.15) is 11.0 Å². The molecule has 1 atom stereocenters. The van der Waals surface area contributed by atoms with Crippen molar-refractivity contribution in [2.24, 2.45) is 0 Å². The van der Waals surface area contributed by atoms with E-state index >= 15 is 0 Å². The number of hydrogen-bond donors (Lipinski definition) is 1. The number of carbonyl (C=O) groups is 1. The third-order valence-electron chi connectivity index (χ3n) is 2.92. The molecule has 2 aromatic rings. The maximum absolute atomic E-state index is 11.5. The van der Waals surface area contributed by atoms with Gasteiger partial charge in [-0.05, 0) is 37.1 Å². The predicted octanol–water partition coefficient (Wildman–Crippen LogP) is 3.00. The van der Waals surface area contributed by atoms with Crippen LogP contribution in [0.25, 0.3) is 11.0 Å². The molecule has 0 spiro atoms. The van der Waals surface area contributed by atoms with Crippen LogP contribution in [0.3, 0.4) is 0 Å². The second-order valence-corrected chi connectivity index (χ2v) is 5.58. The minimum Gasteiger partial charge on any atom is -0.423 e. The van der Waals surface area contributed by atoms with Crippen molar-refractivity contribution in [2.45, 2.75) is 25.8 Å². The molecular weight excluding hydrogens is 301 g/mol. The van der Waals surface area contributed by atoms with Gasteiger partial charge in [0, 0.05) is 23.0 Å². The van der Waals surface area contributed by atoms with Crippen LogP contribution in [0.4, 0.5) is 0 Å². The highest BCUT2D eigenvalue weighted by Crippen LogP contribution is 2.25. The van der Waals surface area contributed by atoms with Gasteiger partial charge in [-0.15, -0.1) is 11.6 Å². The average Bonchev–Trinajstić information content (AvgIpc) is 2.37. The Morgan fingerprint density at radius 2 is 2.10 bits per heavy atom. The van der Waals surface area contributed by atoms with Crippen molar-refractivity contribution in [3.8, 4) is 0 Å². The number of nitrogens with one attached hydrogen (secondary N) is 1. The number of hydrogen-bond acceptors (Lipinski definition) is 3. The number of alkyl halides is 1. The van der Waals surface area contributed by atoms with E-state index in [1.54, 1.807) is 19.1 Å². The summed E-state index contributed by atoms with van der Waals surface area (Å²) in [4.78, 5) is 23.0. The van der Waals surface area contributed by atoms with Gasteiger partial charge in [0.15, 0.2) is 0 Å². The lowest BCUT2D eigenvalue weighted by Crippen LogP contribution is -2.29. The van der Waals surface area contributed by atoms with E-state index in [9.17, 15) is 9.59 Å². The Labute approximate surface area is 125 Å². The standard InChI is InChI=1S/C14H13Cl2NO3/c1-7-3-12-10(5-11(7)16)9(4-13(18)20-12)6-17-14(19)8(2)15/h3-5,8H,6H2,1-2H3,(H,17,19). The summed E-state index contributed by atoms with van der Waals surface area (Å²) >= 11 is 11.8. The average molecular weight is 314 g/mol. The van der Waals surface area contributed by atoms with Crippen LogP contribution in [0.15, 0.2) is 27.4 Å². The Bertz CT molecular complexity index is 722. The van der Waals surface area contributed by atoms with Crippen molar-refractivity contribution < 1.29 is 9.21 Å². The summed E-state index contributed by atoms with van der Waals surface area (Å²) in [5.41, 5.74) is 1.44. The number of fused-ring (bicyclic) bond motifs is 1. The molecule has 1 N–H and O–H groups in total. The van der Waals surface area contributed by atoms with Crippen molar-refractivity contribution in [3.63, 3.8) is 0 Å². The third kappa shape index (κ3) is 3.14. The number of carbonyl (C=O) groups excluding carboxylic acids is 1. The van der Waals surface area contributed by atoms with E-state index in [-0.39, 0.29) is 12.5 Å². The van der Waals surface area contributed by atoms with Gasteiger partial charge in [0.25, 0.3) is 0 Å². The van der Waals surface area contributed by atoms with Crippen LogP contribution in [0.1, 0.15) is 18.1 Å². The predicted molar refractivity (Wildman–Crippen MR) is 79.4 cm³/mol. The van der Waals surface area contributed by atoms with Gasteiger partial charge in [0.05, 0.1) is 0 Å². The summed E-state index contributed by atoms with van der Waals surface area (Å²) in [7, 11) is 0. The van der Waals surface area contributed by atoms with Gasteiger partial charge in [0.2, 0.25) is 5.91 Å². The molecule has 1 aromatic heterocycles. The Morgan fingerprint density at radius 1 is 1.40 bits per heavy atom. The van der Waals surface area contributed by atoms with Crippen molar-refractivity contribution >= 4 is 40.1 Å². The Kier molecular flexibility index (Phi) is 4.35. The highest BCUT2D eigenvalue weighted by atomic mass is 35.5. The van der Waals surface area contributed by atoms with Crippen LogP contribution in [-0.4, -0.2) is 11.3 Å². The molecule has 2 rings (SSSR count). The largest absolute Gasteiger partial charge is 0.423 e. The van der Waals surface area contributed by atoms with Crippen LogP contribution in [0, 0.1) is 6.92 Å². The van der Waals surface area contributed by atoms with Crippen LogP contribution < -0.4 is 10.9 Å². The number of halogens is 2. The SMILES string of the molecule is Cc1cc2oc(=O)cc(CNC(=O)C(C)Cl)c2cc1Cl. The van der Waals surface area contributed by atoms with Crippen molar-refractivity contribution in [1.29, 1.82) is 0 Å². The summed E-state index contributed by atoms with van der Waals surface area (Å²) in [5, 5.41) is 3.30. The second kappa shape index (κ2) is 5.85. The molecule has 0 aliphatic rings. The topological polar surface area (TPSA) is 59.3 Å². The molecule has 6 heteroatoms. The lowest BCUT2D eigenvalue weighted by molar-refractivity contribution is -0.120. The molecule has 0 saturated carbocycles. The Hall–Kier alpha value is -1.52. The van der Waals surface area contributed by atoms with Gasteiger partial charge in [-0.3, -0.25) is 4.79 Å². The first kappa shape index (κ1) is 14.9. The van der Waals surface area contributed by atoms with E-state index in [2.05, 4.69) is 5.32 Å². The quantitative estimate of drug-likeness (QED) is 0.700. The summed E-state index contributed by atoms with van der Waals surface area (Å²) < 4.78 is 5.14. The fourth-order valence-corrected chi connectivity index (χ4v) is 2.06. The lowest BCUT2D eigenvalue weighted by Gasteiger charge is -2.09. The number of benzene rings is 1. The molecule has 106 valence electrons. The molecule has 4 nitrogen and oxygen atoms in total. The first-order valence-corrected chi connectivity index (χ1v) is 6.84. The molecule has 20 heavy (non-hydrogen) atoms. The molecule has 1 aromatic carbocycles. The molecular formula is C14H13Cl2NO3. The number of rotatable bonds is 3. The second-order valence-electron chi connectivity index (χ2n) is 4.52. The highest BCUT2D eigenvalue weighted by Gasteiger charge is 2.12. The van der Waals surface area contributed by atoms with E-state index < -0.39 is 11.0 Å². The fraction of sp³-hybridized carbons (Fsp3) is 0.286. The Balaban J connectivity index is 2.44. The number of amides is 1. The minimum absolute atomic E-state index is 0.192. The molecule has 1 unspecified atom stereocenters. The van der Waals surface area contributed by atoms with E-state index in [1.165, 1.54) is 6.07 Å². The van der Waals surface area contributed by atoms with E-state index in [0.717, 1.165) is 5.56 Å². The van der Waals surface area contributed by atoms with Gasteiger partial charge in [-0.25, -0.2) is 4.79 Å². The van der Waals surface area contributed by atoms with Crippen molar-refractivity contribution in [3.05, 3.63) is 44.8 Å². The van der Waals surface area contributed by atoms with E-state index in [0.29, 0.717) is 21.6 Å². The maximum atomic E-state index is 11.5. The maximum Gasteiger partial charge on any atom is 0.336 e. The monoisotopic (exact) mass is 313 g/mol. The molecule has 1 heterocycles. The minimum atomic E-state index is -0.632. The summed E-state index contributed by atoms with van der Waals surface area (Å²) in [6.45, 7) is 3.59. The van der Waals surface area contributed by atoms with Crippen molar-refractivity contribution in [1.82, 2.24) is 5.32 Å². The zero-order valence-electron chi connectivity index (χ0n) is 11.0. The van der Waals surface area contributed by atoms with Crippen LogP contribution >= 0.6 is 23.2 Å². The van der Waals surface area contributed by atoms with Gasteiger partial charge in [-0.1, -0.05) is 11.6 Å². The first-order chi connectivity index (χ1) is 9.38. The third-order valence-corrected chi connectivity index (χ3v) is 3.53. The van der Waals surface area contributed by atoms with Crippen molar-refractivity contribution in [2.75, 3.05) is 0 Å². The van der Waals surface area contributed by atoms with Crippen LogP contribution in [0.2, 0.25) is 5.02 Å². The summed E-state index contributed by atoms with van der Waals surface area (Å²) in [5.74, 6) is -0.300. The summed E-state index contributed by atoms with van der Waals surface area (Å²) in [6.07, 6.45) is 0. The lowest BCUT2D eigenvalue weighted by atomic mass is 10.1. The normalized spacial score (nSPS) is 12.4. The molecule has 0 aliphatic carbocycles. The zero-order chi connectivity index (χ0) is 14.9. The highest BCUT2D eigenvalue weighted by molar-refractivity contribution is 6.32. The number of aryl methyl sites for hydroxylation is 1. The van der Waals surface area contributed by atoms with E-state index in [1.807, 2.05) is 6.92 Å². The van der Waals surface area contributed by atoms with Gasteiger partial charge >= 0.3 is 5.63 Å². The molecule has 0 aliphatic heterocycles. The molecule has 0 radical (unpaired) electrons. The summed E-state index contributed by atoms with van der Waals surface area (Å²) in [6, 6.07) is 4.77. The molecule has 0 fully saturated rings. The van der Waals surface area contributed by atoms with E-state index in [4.69, 9.17) is 27.6 Å². The smallest absolute Gasteiger partial charge is 0.336 e. The Morgan fingerprint density at radius 3 is 2.75 bits per heavy atom. The first-order valence-electron chi connectivity index (χ1n) is 6.03. The fourth-order valence-electron chi connectivity index (χ4n) is 1.82. The van der Waals surface area contributed by atoms with Gasteiger partial charge < -0.3 is 9.73 Å². The zero-order valence-corrected chi connectivity index (χ0v) is 12.5. The molecule has 1 amide bonds. The molecule has 0 bridgehead atoms. The molecule has 0 saturated heterocycles. The van der Waals surface area contributed by atoms with Crippen LogP contribution in [0.5, 0.6) is 0 Å². The van der Waals surface area contributed by atoms with Crippen LogP contribution in [-0.2, 0) is 11.3 Å².